The minimum atomic E-state index is -1.28. The summed E-state index contributed by atoms with van der Waals surface area (Å²) in [5.41, 5.74) is 4.79. The lowest BCUT2D eigenvalue weighted by atomic mass is 10.1. The summed E-state index contributed by atoms with van der Waals surface area (Å²) >= 11 is 0. The first-order valence-corrected chi connectivity index (χ1v) is 12.5. The molecule has 1 aliphatic heterocycles. The number of carbonyl (C=O) groups is 1. The van der Waals surface area contributed by atoms with Gasteiger partial charge in [0, 0.05) is 43.4 Å². The predicted molar refractivity (Wildman–Crippen MR) is 140 cm³/mol. The van der Waals surface area contributed by atoms with Crippen LogP contribution in [0, 0.1) is 0 Å². The molecule has 2 N–H and O–H groups in total. The molecule has 3 heterocycles. The number of hydrogen-bond acceptors (Lipinski definition) is 7. The average Bonchev–Trinajstić information content (AvgIpc) is 3.38. The van der Waals surface area contributed by atoms with E-state index in [-0.39, 0.29) is 10.9 Å². The van der Waals surface area contributed by atoms with E-state index in [2.05, 4.69) is 44.5 Å². The number of nitrogens with one attached hydrogen (secondary N) is 1. The molecule has 1 aliphatic carbocycles. The van der Waals surface area contributed by atoms with Gasteiger partial charge in [-0.1, -0.05) is 18.2 Å². The van der Waals surface area contributed by atoms with E-state index in [1.54, 1.807) is 4.57 Å². The molecule has 2 aromatic heterocycles. The van der Waals surface area contributed by atoms with Crippen molar-refractivity contribution in [2.45, 2.75) is 25.8 Å². The van der Waals surface area contributed by atoms with Gasteiger partial charge in [-0.15, -0.1) is 0 Å². The van der Waals surface area contributed by atoms with Gasteiger partial charge >= 0.3 is 5.97 Å². The Morgan fingerprint density at radius 1 is 1.05 bits per heavy atom. The van der Waals surface area contributed by atoms with Crippen molar-refractivity contribution in [3.05, 3.63) is 87.3 Å². The average molecular weight is 498 g/mol. The van der Waals surface area contributed by atoms with Crippen LogP contribution >= 0.6 is 0 Å². The van der Waals surface area contributed by atoms with Gasteiger partial charge < -0.3 is 19.7 Å². The Morgan fingerprint density at radius 2 is 1.84 bits per heavy atom. The highest BCUT2D eigenvalue weighted by Crippen LogP contribution is 2.26. The number of hydrogen-bond donors (Lipinski definition) is 2. The number of aryl methyl sites for hydroxylation is 2. The number of aromatic nitrogens is 3. The maximum Gasteiger partial charge on any atom is 0.341 e. The smallest absolute Gasteiger partial charge is 0.341 e. The van der Waals surface area contributed by atoms with E-state index < -0.39 is 11.4 Å². The molecule has 0 amide bonds. The summed E-state index contributed by atoms with van der Waals surface area (Å²) in [7, 11) is 0. The number of aromatic carboxylic acids is 1. The maximum atomic E-state index is 12.9. The maximum absolute atomic E-state index is 12.9. The van der Waals surface area contributed by atoms with Crippen LogP contribution in [0.2, 0.25) is 0 Å². The highest BCUT2D eigenvalue weighted by atomic mass is 16.5. The fourth-order valence-corrected chi connectivity index (χ4v) is 5.07. The van der Waals surface area contributed by atoms with Gasteiger partial charge in [-0.2, -0.15) is 4.98 Å². The molecular formula is C28H27N5O4. The first kappa shape index (κ1) is 23.3. The lowest BCUT2D eigenvalue weighted by molar-refractivity contribution is 0.0342. The zero-order valence-corrected chi connectivity index (χ0v) is 20.3. The van der Waals surface area contributed by atoms with Gasteiger partial charge in [-0.25, -0.2) is 9.78 Å². The third-order valence-electron chi connectivity index (χ3n) is 7.05. The Bertz CT molecular complexity index is 1540. The van der Waals surface area contributed by atoms with Crippen molar-refractivity contribution < 1.29 is 14.6 Å². The van der Waals surface area contributed by atoms with Crippen molar-refractivity contribution in [3.8, 4) is 5.69 Å². The van der Waals surface area contributed by atoms with Crippen molar-refractivity contribution in [2.24, 2.45) is 0 Å². The van der Waals surface area contributed by atoms with Gasteiger partial charge in [0.15, 0.2) is 5.65 Å². The number of pyridine rings is 1. The minimum absolute atomic E-state index is 0.159. The number of ether oxygens (including phenoxy) is 1. The molecule has 4 aromatic rings. The normalized spacial score (nSPS) is 15.6. The Morgan fingerprint density at radius 3 is 2.62 bits per heavy atom. The first-order chi connectivity index (χ1) is 18.0. The monoisotopic (exact) mass is 497 g/mol. The summed E-state index contributed by atoms with van der Waals surface area (Å²) in [5, 5.41) is 13.0. The van der Waals surface area contributed by atoms with E-state index in [0.29, 0.717) is 11.6 Å². The molecule has 2 aliphatic rings. The van der Waals surface area contributed by atoms with E-state index in [1.807, 2.05) is 18.2 Å². The summed E-state index contributed by atoms with van der Waals surface area (Å²) in [4.78, 5) is 36.1. The minimum Gasteiger partial charge on any atom is -0.477 e. The molecule has 0 unspecified atom stereocenters. The van der Waals surface area contributed by atoms with Crippen LogP contribution in [-0.2, 0) is 24.1 Å². The molecule has 0 atom stereocenters. The molecule has 0 spiro atoms. The molecule has 0 saturated carbocycles. The molecule has 188 valence electrons. The Hall–Kier alpha value is -4.08. The second-order valence-electron chi connectivity index (χ2n) is 9.49. The summed E-state index contributed by atoms with van der Waals surface area (Å²) in [6, 6.07) is 14.2. The Kier molecular flexibility index (Phi) is 6.15. The molecule has 1 saturated heterocycles. The van der Waals surface area contributed by atoms with Crippen molar-refractivity contribution >= 4 is 28.6 Å². The number of nitrogens with zero attached hydrogens (tertiary/aromatic N) is 4. The van der Waals surface area contributed by atoms with E-state index in [0.717, 1.165) is 63.5 Å². The highest BCUT2D eigenvalue weighted by molar-refractivity contribution is 5.92. The molecule has 37 heavy (non-hydrogen) atoms. The van der Waals surface area contributed by atoms with Crippen LogP contribution in [0.3, 0.4) is 0 Å². The van der Waals surface area contributed by atoms with Crippen molar-refractivity contribution in [3.63, 3.8) is 0 Å². The van der Waals surface area contributed by atoms with Crippen LogP contribution in [0.5, 0.6) is 0 Å². The third-order valence-corrected chi connectivity index (χ3v) is 7.05. The fraction of sp³-hybridized carbons (Fsp3) is 0.286. The Labute approximate surface area is 213 Å². The quantitative estimate of drug-likeness (QED) is 0.416. The molecule has 0 bridgehead atoms. The van der Waals surface area contributed by atoms with E-state index in [9.17, 15) is 14.7 Å². The second kappa shape index (κ2) is 9.76. The van der Waals surface area contributed by atoms with Crippen LogP contribution in [0.25, 0.3) is 16.7 Å². The topological polar surface area (TPSA) is 110 Å². The van der Waals surface area contributed by atoms with Gasteiger partial charge in [-0.3, -0.25) is 9.69 Å². The van der Waals surface area contributed by atoms with Crippen LogP contribution in [0.1, 0.15) is 33.5 Å². The van der Waals surface area contributed by atoms with Crippen LogP contribution in [0.4, 0.5) is 11.6 Å². The van der Waals surface area contributed by atoms with E-state index in [4.69, 9.17) is 4.74 Å². The van der Waals surface area contributed by atoms with Gasteiger partial charge in [0.05, 0.1) is 18.6 Å². The molecule has 9 heteroatoms. The highest BCUT2D eigenvalue weighted by Gasteiger charge is 2.19. The van der Waals surface area contributed by atoms with E-state index in [1.165, 1.54) is 29.1 Å². The number of anilines is 2. The lowest BCUT2D eigenvalue weighted by Gasteiger charge is -2.26. The van der Waals surface area contributed by atoms with Crippen LogP contribution in [0.15, 0.2) is 59.7 Å². The summed E-state index contributed by atoms with van der Waals surface area (Å²) in [6.07, 6.45) is 5.89. The van der Waals surface area contributed by atoms with Crippen molar-refractivity contribution in [1.29, 1.82) is 0 Å². The van der Waals surface area contributed by atoms with E-state index >= 15 is 0 Å². The standard InChI is InChI=1S/C28H27N5O4/c34-25-23-15-29-28(30-21-7-4-18(5-8-21)16-32-10-12-37-13-11-32)31-26(23)33(17-24(25)27(35)36)22-9-6-19-2-1-3-20(19)14-22/h4-9,14-15,17H,1-3,10-13,16H2,(H,35,36)(H,29,30,31). The fourth-order valence-electron chi connectivity index (χ4n) is 5.07. The zero-order chi connectivity index (χ0) is 25.4. The number of fused-ring (bicyclic) bond motifs is 2. The number of benzene rings is 2. The molecule has 0 radical (unpaired) electrons. The van der Waals surface area contributed by atoms with Gasteiger partial charge in [-0.05, 0) is 60.2 Å². The van der Waals surface area contributed by atoms with Crippen molar-refractivity contribution in [2.75, 3.05) is 31.6 Å². The lowest BCUT2D eigenvalue weighted by Crippen LogP contribution is -2.35. The summed E-state index contributed by atoms with van der Waals surface area (Å²) in [5.74, 6) is -0.952. The number of morpholine rings is 1. The number of rotatable bonds is 6. The predicted octanol–water partition coefficient (Wildman–Crippen LogP) is 3.54. The zero-order valence-electron chi connectivity index (χ0n) is 20.3. The first-order valence-electron chi connectivity index (χ1n) is 12.5. The Balaban J connectivity index is 1.34. The largest absolute Gasteiger partial charge is 0.477 e. The van der Waals surface area contributed by atoms with Crippen LogP contribution < -0.4 is 10.7 Å². The third kappa shape index (κ3) is 4.71. The number of carboxylic acids is 1. The van der Waals surface area contributed by atoms with Gasteiger partial charge in [0.1, 0.15) is 5.56 Å². The summed E-state index contributed by atoms with van der Waals surface area (Å²) in [6.45, 7) is 4.27. The second-order valence-corrected chi connectivity index (χ2v) is 9.49. The molecule has 1 fully saturated rings. The molecule has 2 aromatic carbocycles. The molecule has 6 rings (SSSR count). The molecular weight excluding hydrogens is 470 g/mol. The van der Waals surface area contributed by atoms with Gasteiger partial charge in [0.25, 0.3) is 0 Å². The molecule has 9 nitrogen and oxygen atoms in total. The van der Waals surface area contributed by atoms with Gasteiger partial charge in [0.2, 0.25) is 11.4 Å². The number of carboxylic acid groups (broad SMARTS) is 1. The van der Waals surface area contributed by atoms with Crippen LogP contribution in [-0.4, -0.2) is 56.8 Å². The van der Waals surface area contributed by atoms with Crippen molar-refractivity contribution in [1.82, 2.24) is 19.4 Å². The SMILES string of the molecule is O=C(O)c1cn(-c2ccc3c(c2)CCC3)c2nc(Nc3ccc(CN4CCOCC4)cc3)ncc2c1=O. The summed E-state index contributed by atoms with van der Waals surface area (Å²) < 4.78 is 7.10.